The van der Waals surface area contributed by atoms with Crippen LogP contribution in [0.25, 0.3) is 28.0 Å². The van der Waals surface area contributed by atoms with Crippen molar-refractivity contribution in [2.75, 3.05) is 0 Å². The van der Waals surface area contributed by atoms with E-state index in [0.29, 0.717) is 27.4 Å². The lowest BCUT2D eigenvalue weighted by atomic mass is 10.0. The van der Waals surface area contributed by atoms with Gasteiger partial charge in [-0.3, -0.25) is 0 Å². The molecule has 1 aliphatic rings. The Hall–Kier alpha value is -4.18. The van der Waals surface area contributed by atoms with E-state index in [1.165, 1.54) is 0 Å². The summed E-state index contributed by atoms with van der Waals surface area (Å²) in [4.78, 5) is 13.5. The molecule has 0 fully saturated rings. The van der Waals surface area contributed by atoms with E-state index in [0.717, 1.165) is 39.1 Å². The van der Waals surface area contributed by atoms with Crippen molar-refractivity contribution in [3.63, 3.8) is 0 Å². The Balaban J connectivity index is 1.58. The average molecular weight is 518 g/mol. The molecule has 0 saturated carbocycles. The molecule has 0 spiro atoms. The Morgan fingerprint density at radius 2 is 1.05 bits per heavy atom. The first-order chi connectivity index (χ1) is 18.2. The molecule has 0 radical (unpaired) electrons. The summed E-state index contributed by atoms with van der Waals surface area (Å²) in [5.74, 6) is 1.16. The van der Waals surface area contributed by atoms with Crippen LogP contribution in [0.2, 0.25) is 5.02 Å². The molecule has 6 rings (SSSR count). The molecular formula is C32H21Cl2N3. The van der Waals surface area contributed by atoms with E-state index in [1.54, 1.807) is 0 Å². The van der Waals surface area contributed by atoms with Crippen LogP contribution in [-0.2, 0) is 0 Å². The summed E-state index contributed by atoms with van der Waals surface area (Å²) in [6.07, 6.45) is 0. The van der Waals surface area contributed by atoms with Gasteiger partial charge in [-0.2, -0.15) is 0 Å². The highest BCUT2D eigenvalue weighted by Crippen LogP contribution is 2.44. The van der Waals surface area contributed by atoms with Crippen LogP contribution in [0.15, 0.2) is 136 Å². The van der Waals surface area contributed by atoms with Crippen molar-refractivity contribution >= 4 is 46.1 Å². The van der Waals surface area contributed by atoms with E-state index < -0.39 is 0 Å². The molecule has 1 aromatic heterocycles. The van der Waals surface area contributed by atoms with Crippen LogP contribution in [0, 0.1) is 0 Å². The normalized spacial score (nSPS) is 14.3. The topological polar surface area (TPSA) is 40.5 Å². The van der Waals surface area contributed by atoms with Crippen molar-refractivity contribution in [1.82, 2.24) is 4.98 Å². The number of nitrogens with one attached hydrogen (secondary N) is 1. The Morgan fingerprint density at radius 1 is 0.568 bits per heavy atom. The number of hydrogen-bond donors (Lipinski definition) is 1. The van der Waals surface area contributed by atoms with Crippen molar-refractivity contribution in [2.24, 2.45) is 9.98 Å². The number of allylic oxidation sites excluding steroid dienone is 1. The summed E-state index contributed by atoms with van der Waals surface area (Å²) in [5.41, 5.74) is 6.93. The fraction of sp³-hybridized carbons (Fsp3) is 0. The number of aromatic nitrogens is 1. The van der Waals surface area contributed by atoms with Crippen molar-refractivity contribution in [1.29, 1.82) is 0 Å². The van der Waals surface area contributed by atoms with E-state index in [9.17, 15) is 0 Å². The van der Waals surface area contributed by atoms with E-state index >= 15 is 0 Å². The third-order valence-electron chi connectivity index (χ3n) is 6.24. The fourth-order valence-corrected chi connectivity index (χ4v) is 5.18. The molecule has 0 unspecified atom stereocenters. The quantitative estimate of drug-likeness (QED) is 0.241. The molecule has 0 saturated heterocycles. The minimum Gasteiger partial charge on any atom is -0.338 e. The smallest absolute Gasteiger partial charge is 0.164 e. The summed E-state index contributed by atoms with van der Waals surface area (Å²) < 4.78 is 0. The number of H-pyrrole nitrogens is 1. The van der Waals surface area contributed by atoms with E-state index in [1.807, 2.05) is 121 Å². The summed E-state index contributed by atoms with van der Waals surface area (Å²) in [7, 11) is 0. The van der Waals surface area contributed by atoms with Crippen LogP contribution in [0.4, 0.5) is 5.82 Å². The van der Waals surface area contributed by atoms with Crippen molar-refractivity contribution in [3.8, 4) is 22.4 Å². The molecule has 1 N–H and O–H groups in total. The Bertz CT molecular complexity index is 1650. The second kappa shape index (κ2) is 10.1. The van der Waals surface area contributed by atoms with Gasteiger partial charge in [0.2, 0.25) is 0 Å². The molecule has 3 nitrogen and oxygen atoms in total. The van der Waals surface area contributed by atoms with E-state index in [-0.39, 0.29) is 0 Å². The lowest BCUT2D eigenvalue weighted by Gasteiger charge is -2.06. The van der Waals surface area contributed by atoms with Crippen LogP contribution in [-0.4, -0.2) is 16.5 Å². The predicted molar refractivity (Wildman–Crippen MR) is 156 cm³/mol. The first-order valence-electron chi connectivity index (χ1n) is 11.9. The lowest BCUT2D eigenvalue weighted by Crippen LogP contribution is -1.97. The van der Waals surface area contributed by atoms with Crippen molar-refractivity contribution in [2.45, 2.75) is 0 Å². The maximum atomic E-state index is 7.02. The van der Waals surface area contributed by atoms with Crippen LogP contribution in [0.5, 0.6) is 0 Å². The monoisotopic (exact) mass is 517 g/mol. The third kappa shape index (κ3) is 4.44. The third-order valence-corrected chi connectivity index (χ3v) is 6.99. The molecular weight excluding hydrogens is 497 g/mol. The van der Waals surface area contributed by atoms with Crippen molar-refractivity contribution < 1.29 is 0 Å². The molecule has 4 aromatic carbocycles. The number of hydrogen-bond acceptors (Lipinski definition) is 1. The number of aliphatic imine (C=N–C) groups is 2. The van der Waals surface area contributed by atoms with Crippen LogP contribution < -0.4 is 0 Å². The molecule has 0 bridgehead atoms. The zero-order valence-corrected chi connectivity index (χ0v) is 21.2. The summed E-state index contributed by atoms with van der Waals surface area (Å²) in [5, 5.41) is 1.18. The molecule has 37 heavy (non-hydrogen) atoms. The number of amidine groups is 1. The number of halogens is 2. The highest BCUT2D eigenvalue weighted by atomic mass is 35.5. The van der Waals surface area contributed by atoms with Gasteiger partial charge in [0.1, 0.15) is 5.82 Å². The van der Waals surface area contributed by atoms with Crippen molar-refractivity contribution in [3.05, 3.63) is 143 Å². The molecule has 0 aliphatic carbocycles. The second-order valence-electron chi connectivity index (χ2n) is 8.59. The van der Waals surface area contributed by atoms with Gasteiger partial charge in [-0.15, -0.1) is 0 Å². The van der Waals surface area contributed by atoms with Crippen LogP contribution >= 0.6 is 23.2 Å². The number of benzene rings is 4. The fourth-order valence-electron chi connectivity index (χ4n) is 4.48. The van der Waals surface area contributed by atoms with Gasteiger partial charge in [0, 0.05) is 16.7 Å². The Morgan fingerprint density at radius 3 is 1.62 bits per heavy atom. The molecule has 2 heterocycles. The zero-order valence-electron chi connectivity index (χ0n) is 19.7. The van der Waals surface area contributed by atoms with Gasteiger partial charge >= 0.3 is 0 Å². The number of rotatable bonds is 5. The standard InChI is InChI=1S/C32H21Cl2N3/c33-27-25(21-13-5-1-6-14-21)31(35-29(27)23-17-9-3-10-18-23)37-32-26(22-15-7-2-8-16-22)28(34)30(36-32)24-19-11-4-12-20-24/h1-20,35H/b37-32-. The van der Waals surface area contributed by atoms with E-state index in [2.05, 4.69) is 4.98 Å². The SMILES string of the molecule is ClC1=C(c2ccccc2)/C(=N/c2[nH]c(-c3ccccc3)c(Cl)c2-c2ccccc2)N=C1c1ccccc1. The lowest BCUT2D eigenvalue weighted by molar-refractivity contribution is 1.33. The molecule has 178 valence electrons. The predicted octanol–water partition coefficient (Wildman–Crippen LogP) is 9.19. The minimum atomic E-state index is 0.532. The largest absolute Gasteiger partial charge is 0.338 e. The average Bonchev–Trinajstić information content (AvgIpc) is 3.46. The summed E-state index contributed by atoms with van der Waals surface area (Å²) in [6.45, 7) is 0. The molecule has 1 aliphatic heterocycles. The number of nitrogens with zero attached hydrogens (tertiary/aromatic N) is 2. The minimum absolute atomic E-state index is 0.532. The zero-order chi connectivity index (χ0) is 25.2. The Kier molecular flexibility index (Phi) is 6.32. The Labute approximate surface area is 225 Å². The first-order valence-corrected chi connectivity index (χ1v) is 12.7. The summed E-state index contributed by atoms with van der Waals surface area (Å²) >= 11 is 14.0. The maximum absolute atomic E-state index is 7.02. The van der Waals surface area contributed by atoms with Crippen LogP contribution in [0.1, 0.15) is 11.1 Å². The van der Waals surface area contributed by atoms with Gasteiger partial charge < -0.3 is 4.98 Å². The molecule has 5 heteroatoms. The molecule has 0 atom stereocenters. The first kappa shape index (κ1) is 23.2. The molecule has 0 amide bonds. The highest BCUT2D eigenvalue weighted by molar-refractivity contribution is 6.58. The van der Waals surface area contributed by atoms with Crippen LogP contribution in [0.3, 0.4) is 0 Å². The van der Waals surface area contributed by atoms with Gasteiger partial charge in [0.25, 0.3) is 0 Å². The number of aromatic amines is 1. The highest BCUT2D eigenvalue weighted by Gasteiger charge is 2.28. The maximum Gasteiger partial charge on any atom is 0.164 e. The second-order valence-corrected chi connectivity index (χ2v) is 9.34. The van der Waals surface area contributed by atoms with E-state index in [4.69, 9.17) is 33.2 Å². The van der Waals surface area contributed by atoms with Gasteiger partial charge in [0.05, 0.1) is 21.5 Å². The van der Waals surface area contributed by atoms with Gasteiger partial charge in [-0.25, -0.2) is 9.98 Å². The summed E-state index contributed by atoms with van der Waals surface area (Å²) in [6, 6.07) is 40.0. The molecule has 5 aromatic rings. The van der Waals surface area contributed by atoms with Gasteiger partial charge in [-0.05, 0) is 16.7 Å². The van der Waals surface area contributed by atoms with Gasteiger partial charge in [0.15, 0.2) is 5.84 Å². The van der Waals surface area contributed by atoms with Gasteiger partial charge in [-0.1, -0.05) is 145 Å².